The molecule has 0 fully saturated rings. The molecule has 2 aromatic carbocycles. The van der Waals surface area contributed by atoms with Gasteiger partial charge >= 0.3 is 0 Å². The first-order valence-electron chi connectivity index (χ1n) is 6.16. The van der Waals surface area contributed by atoms with Crippen LogP contribution < -0.4 is 10.5 Å². The summed E-state index contributed by atoms with van der Waals surface area (Å²) in [6, 6.07) is 10.0. The maximum absolute atomic E-state index is 13.3. The van der Waals surface area contributed by atoms with Crippen molar-refractivity contribution in [2.24, 2.45) is 5.73 Å². The van der Waals surface area contributed by atoms with Crippen LogP contribution in [-0.2, 0) is 13.0 Å². The third-order valence-corrected chi connectivity index (χ3v) is 3.51. The van der Waals surface area contributed by atoms with Crippen LogP contribution in [0.2, 0.25) is 10.0 Å². The van der Waals surface area contributed by atoms with Crippen molar-refractivity contribution >= 4 is 23.2 Å². The maximum atomic E-state index is 13.3. The van der Waals surface area contributed by atoms with Crippen molar-refractivity contribution in [1.82, 2.24) is 0 Å². The molecule has 0 aliphatic heterocycles. The van der Waals surface area contributed by atoms with Crippen LogP contribution in [0.4, 0.5) is 4.39 Å². The predicted molar refractivity (Wildman–Crippen MR) is 80.0 cm³/mol. The molecule has 2 N–H and O–H groups in total. The molecule has 0 bridgehead atoms. The van der Waals surface area contributed by atoms with Crippen molar-refractivity contribution < 1.29 is 9.13 Å². The Hall–Kier alpha value is -1.29. The van der Waals surface area contributed by atoms with Gasteiger partial charge in [-0.1, -0.05) is 35.3 Å². The highest BCUT2D eigenvalue weighted by Crippen LogP contribution is 2.27. The second-order valence-corrected chi connectivity index (χ2v) is 5.11. The van der Waals surface area contributed by atoms with Crippen LogP contribution in [0.3, 0.4) is 0 Å². The van der Waals surface area contributed by atoms with Crippen molar-refractivity contribution in [3.05, 3.63) is 63.4 Å². The first-order valence-corrected chi connectivity index (χ1v) is 6.91. The lowest BCUT2D eigenvalue weighted by Crippen LogP contribution is -2.06. The zero-order valence-electron chi connectivity index (χ0n) is 10.7. The van der Waals surface area contributed by atoms with Crippen molar-refractivity contribution in [1.29, 1.82) is 0 Å². The standard InChI is InChI=1S/C15H14Cl2FNO/c16-12-2-1-3-15(11(12)6-7-19)20-9-10-4-5-13(17)14(18)8-10/h1-5,8H,6-7,9,19H2. The van der Waals surface area contributed by atoms with E-state index in [1.807, 2.05) is 6.07 Å². The summed E-state index contributed by atoms with van der Waals surface area (Å²) in [4.78, 5) is 0. The number of benzene rings is 2. The van der Waals surface area contributed by atoms with Crippen LogP contribution in [0, 0.1) is 5.82 Å². The van der Waals surface area contributed by atoms with E-state index in [-0.39, 0.29) is 11.6 Å². The number of halogens is 3. The molecular weight excluding hydrogens is 300 g/mol. The van der Waals surface area contributed by atoms with E-state index in [4.69, 9.17) is 33.7 Å². The molecule has 0 aliphatic rings. The molecule has 2 aromatic rings. The molecule has 0 saturated heterocycles. The fourth-order valence-corrected chi connectivity index (χ4v) is 2.23. The molecule has 2 nitrogen and oxygen atoms in total. The third-order valence-electron chi connectivity index (χ3n) is 2.85. The molecule has 0 radical (unpaired) electrons. The maximum Gasteiger partial charge on any atom is 0.142 e. The van der Waals surface area contributed by atoms with E-state index in [0.717, 1.165) is 5.56 Å². The van der Waals surface area contributed by atoms with Gasteiger partial charge < -0.3 is 10.5 Å². The first-order chi connectivity index (χ1) is 9.61. The zero-order chi connectivity index (χ0) is 14.5. The van der Waals surface area contributed by atoms with Crippen molar-refractivity contribution in [3.63, 3.8) is 0 Å². The number of nitrogens with two attached hydrogens (primary N) is 1. The number of ether oxygens (including phenoxy) is 1. The minimum Gasteiger partial charge on any atom is -0.489 e. The summed E-state index contributed by atoms with van der Waals surface area (Å²) in [6.45, 7) is 0.724. The van der Waals surface area contributed by atoms with Gasteiger partial charge in [-0.2, -0.15) is 0 Å². The van der Waals surface area contributed by atoms with Gasteiger partial charge in [-0.3, -0.25) is 0 Å². The molecule has 0 amide bonds. The van der Waals surface area contributed by atoms with Crippen LogP contribution in [0.15, 0.2) is 36.4 Å². The highest BCUT2D eigenvalue weighted by atomic mass is 35.5. The fourth-order valence-electron chi connectivity index (χ4n) is 1.85. The third kappa shape index (κ3) is 3.63. The van der Waals surface area contributed by atoms with E-state index in [1.165, 1.54) is 12.1 Å². The Morgan fingerprint density at radius 2 is 1.90 bits per heavy atom. The van der Waals surface area contributed by atoms with Gasteiger partial charge in [-0.05, 0) is 42.8 Å². The zero-order valence-corrected chi connectivity index (χ0v) is 12.2. The minimum atomic E-state index is -0.457. The molecule has 0 aliphatic carbocycles. The molecule has 0 saturated carbocycles. The monoisotopic (exact) mass is 313 g/mol. The molecule has 0 unspecified atom stereocenters. The summed E-state index contributed by atoms with van der Waals surface area (Å²) in [5, 5.41) is 0.718. The lowest BCUT2D eigenvalue weighted by atomic mass is 10.1. The summed E-state index contributed by atoms with van der Waals surface area (Å²) in [7, 11) is 0. The average molecular weight is 314 g/mol. The largest absolute Gasteiger partial charge is 0.489 e. The number of hydrogen-bond donors (Lipinski definition) is 1. The Morgan fingerprint density at radius 3 is 2.60 bits per heavy atom. The molecule has 20 heavy (non-hydrogen) atoms. The van der Waals surface area contributed by atoms with E-state index in [0.29, 0.717) is 29.3 Å². The number of hydrogen-bond acceptors (Lipinski definition) is 2. The predicted octanol–water partition coefficient (Wildman–Crippen LogP) is 4.21. The second kappa shape index (κ2) is 6.93. The molecule has 2 rings (SSSR count). The highest BCUT2D eigenvalue weighted by Gasteiger charge is 2.08. The molecule has 0 heterocycles. The van der Waals surface area contributed by atoms with Crippen LogP contribution >= 0.6 is 23.2 Å². The van der Waals surface area contributed by atoms with Crippen LogP contribution in [0.5, 0.6) is 5.75 Å². The summed E-state index contributed by atoms with van der Waals surface area (Å²) in [5.41, 5.74) is 7.13. The van der Waals surface area contributed by atoms with Gasteiger partial charge in [-0.25, -0.2) is 4.39 Å². The van der Waals surface area contributed by atoms with Crippen LogP contribution in [-0.4, -0.2) is 6.54 Å². The topological polar surface area (TPSA) is 35.2 Å². The van der Waals surface area contributed by atoms with Crippen molar-refractivity contribution in [2.45, 2.75) is 13.0 Å². The second-order valence-electron chi connectivity index (χ2n) is 4.29. The molecule has 106 valence electrons. The summed E-state index contributed by atoms with van der Waals surface area (Å²) < 4.78 is 19.0. The lowest BCUT2D eigenvalue weighted by Gasteiger charge is -2.12. The smallest absolute Gasteiger partial charge is 0.142 e. The Morgan fingerprint density at radius 1 is 1.10 bits per heavy atom. The van der Waals surface area contributed by atoms with Gasteiger partial charge in [0.25, 0.3) is 0 Å². The summed E-state index contributed by atoms with van der Waals surface area (Å²) in [6.07, 6.45) is 0.629. The van der Waals surface area contributed by atoms with E-state index in [9.17, 15) is 4.39 Å². The fraction of sp³-hybridized carbons (Fsp3) is 0.200. The molecular formula is C15H14Cl2FNO. The van der Waals surface area contributed by atoms with Crippen LogP contribution in [0.1, 0.15) is 11.1 Å². The Balaban J connectivity index is 2.14. The number of rotatable bonds is 5. The normalized spacial score (nSPS) is 10.6. The Kier molecular flexibility index (Phi) is 5.24. The van der Waals surface area contributed by atoms with Gasteiger partial charge in [0, 0.05) is 10.6 Å². The van der Waals surface area contributed by atoms with Gasteiger partial charge in [-0.15, -0.1) is 0 Å². The SMILES string of the molecule is NCCc1c(Cl)cccc1OCc1ccc(Cl)c(F)c1. The van der Waals surface area contributed by atoms with Gasteiger partial charge in [0.05, 0.1) is 5.02 Å². The molecule has 0 atom stereocenters. The summed E-state index contributed by atoms with van der Waals surface area (Å²) >= 11 is 11.8. The Labute approximate surface area is 127 Å². The van der Waals surface area contributed by atoms with E-state index in [2.05, 4.69) is 0 Å². The van der Waals surface area contributed by atoms with Crippen LogP contribution in [0.25, 0.3) is 0 Å². The first kappa shape index (κ1) is 15.1. The quantitative estimate of drug-likeness (QED) is 0.897. The molecule has 0 aromatic heterocycles. The van der Waals surface area contributed by atoms with Gasteiger partial charge in [0.1, 0.15) is 18.2 Å². The van der Waals surface area contributed by atoms with Crippen molar-refractivity contribution in [3.8, 4) is 5.75 Å². The van der Waals surface area contributed by atoms with E-state index in [1.54, 1.807) is 18.2 Å². The average Bonchev–Trinajstić information content (AvgIpc) is 2.43. The van der Waals surface area contributed by atoms with E-state index < -0.39 is 5.82 Å². The molecule has 0 spiro atoms. The van der Waals surface area contributed by atoms with Gasteiger partial charge in [0.15, 0.2) is 0 Å². The summed E-state index contributed by atoms with van der Waals surface area (Å²) in [5.74, 6) is 0.208. The lowest BCUT2D eigenvalue weighted by molar-refractivity contribution is 0.302. The Bertz CT molecular complexity index is 604. The van der Waals surface area contributed by atoms with E-state index >= 15 is 0 Å². The van der Waals surface area contributed by atoms with Gasteiger partial charge in [0.2, 0.25) is 0 Å². The highest BCUT2D eigenvalue weighted by molar-refractivity contribution is 6.31. The minimum absolute atomic E-state index is 0.0975. The van der Waals surface area contributed by atoms with Crippen molar-refractivity contribution in [2.75, 3.05) is 6.54 Å². The molecule has 5 heteroatoms.